The number of anilines is 1. The van der Waals surface area contributed by atoms with Crippen molar-refractivity contribution in [3.8, 4) is 11.5 Å². The molecule has 4 rings (SSSR count). The van der Waals surface area contributed by atoms with E-state index in [9.17, 15) is 4.79 Å². The van der Waals surface area contributed by atoms with Gasteiger partial charge in [-0.15, -0.1) is 0 Å². The van der Waals surface area contributed by atoms with Crippen LogP contribution in [-0.2, 0) is 9.53 Å². The van der Waals surface area contributed by atoms with Crippen molar-refractivity contribution in [2.75, 3.05) is 31.2 Å². The van der Waals surface area contributed by atoms with Gasteiger partial charge in [0.2, 0.25) is 5.91 Å². The highest BCUT2D eigenvalue weighted by atomic mass is 16.5. The SMILES string of the molecule is CC(=O)N[C@@H](C)c1ccc(O[C@@H]2CCN(c3ccc(O[C@H]4CCOC4)cc3)C2)cc1. The lowest BCUT2D eigenvalue weighted by Gasteiger charge is -2.20. The lowest BCUT2D eigenvalue weighted by molar-refractivity contribution is -0.119. The lowest BCUT2D eigenvalue weighted by Crippen LogP contribution is -2.24. The summed E-state index contributed by atoms with van der Waals surface area (Å²) in [5.41, 5.74) is 2.26. The summed E-state index contributed by atoms with van der Waals surface area (Å²) in [5.74, 6) is 1.74. The van der Waals surface area contributed by atoms with Crippen molar-refractivity contribution in [1.82, 2.24) is 5.32 Å². The molecule has 2 heterocycles. The second-order valence-electron chi connectivity index (χ2n) is 8.06. The number of benzene rings is 2. The third kappa shape index (κ3) is 5.25. The molecule has 6 heteroatoms. The molecule has 160 valence electrons. The van der Waals surface area contributed by atoms with E-state index in [1.807, 2.05) is 43.3 Å². The van der Waals surface area contributed by atoms with Crippen molar-refractivity contribution in [1.29, 1.82) is 0 Å². The predicted molar refractivity (Wildman–Crippen MR) is 116 cm³/mol. The Kier molecular flexibility index (Phi) is 6.43. The molecule has 0 aromatic heterocycles. The standard InChI is InChI=1S/C24H30N2O4/c1-17(25-18(2)27)19-3-7-21(8-4-19)29-23-11-13-26(15-23)20-5-9-22(10-6-20)30-24-12-14-28-16-24/h3-10,17,23-24H,11-16H2,1-2H3,(H,25,27)/t17-,23+,24-/m0/s1. The number of rotatable bonds is 7. The average molecular weight is 411 g/mol. The Hall–Kier alpha value is -2.73. The van der Waals surface area contributed by atoms with Crippen molar-refractivity contribution in [2.24, 2.45) is 0 Å². The van der Waals surface area contributed by atoms with Crippen LogP contribution >= 0.6 is 0 Å². The first-order valence-corrected chi connectivity index (χ1v) is 10.7. The van der Waals surface area contributed by atoms with Crippen molar-refractivity contribution in [3.05, 3.63) is 54.1 Å². The Morgan fingerprint density at radius 2 is 1.70 bits per heavy atom. The number of carbonyl (C=O) groups is 1. The van der Waals surface area contributed by atoms with Crippen LogP contribution < -0.4 is 19.7 Å². The van der Waals surface area contributed by atoms with Gasteiger partial charge in [0.25, 0.3) is 0 Å². The van der Waals surface area contributed by atoms with Crippen molar-refractivity contribution >= 4 is 11.6 Å². The minimum atomic E-state index is -0.0268. The number of amides is 1. The minimum Gasteiger partial charge on any atom is -0.489 e. The summed E-state index contributed by atoms with van der Waals surface area (Å²) in [6.07, 6.45) is 2.28. The monoisotopic (exact) mass is 410 g/mol. The molecule has 30 heavy (non-hydrogen) atoms. The molecule has 0 unspecified atom stereocenters. The number of hydrogen-bond acceptors (Lipinski definition) is 5. The van der Waals surface area contributed by atoms with E-state index >= 15 is 0 Å². The molecule has 2 aliphatic rings. The van der Waals surface area contributed by atoms with Gasteiger partial charge in [0.05, 0.1) is 25.8 Å². The minimum absolute atomic E-state index is 0.00771. The quantitative estimate of drug-likeness (QED) is 0.754. The van der Waals surface area contributed by atoms with Crippen LogP contribution in [-0.4, -0.2) is 44.4 Å². The molecule has 6 nitrogen and oxygen atoms in total. The van der Waals surface area contributed by atoms with Gasteiger partial charge in [-0.25, -0.2) is 0 Å². The highest BCUT2D eigenvalue weighted by Crippen LogP contribution is 2.27. The van der Waals surface area contributed by atoms with E-state index in [0.717, 1.165) is 49.6 Å². The van der Waals surface area contributed by atoms with Gasteiger partial charge in [0, 0.05) is 32.0 Å². The predicted octanol–water partition coefficient (Wildman–Crippen LogP) is 3.71. The fourth-order valence-corrected chi connectivity index (χ4v) is 4.01. The maximum atomic E-state index is 11.2. The van der Waals surface area contributed by atoms with Crippen molar-refractivity contribution in [2.45, 2.75) is 44.9 Å². The van der Waals surface area contributed by atoms with E-state index in [0.29, 0.717) is 6.61 Å². The Bertz CT molecular complexity index is 831. The average Bonchev–Trinajstić information content (AvgIpc) is 3.41. The second kappa shape index (κ2) is 9.39. The van der Waals surface area contributed by atoms with E-state index in [-0.39, 0.29) is 24.2 Å². The normalized spacial score (nSPS) is 22.0. The van der Waals surface area contributed by atoms with Crippen molar-refractivity contribution < 1.29 is 19.0 Å². The van der Waals surface area contributed by atoms with E-state index in [2.05, 4.69) is 22.3 Å². The van der Waals surface area contributed by atoms with Crippen LogP contribution in [0, 0.1) is 0 Å². The fourth-order valence-electron chi connectivity index (χ4n) is 4.01. The molecule has 1 amide bonds. The lowest BCUT2D eigenvalue weighted by atomic mass is 10.1. The fraction of sp³-hybridized carbons (Fsp3) is 0.458. The topological polar surface area (TPSA) is 60.0 Å². The molecule has 0 aliphatic carbocycles. The van der Waals surface area contributed by atoms with Gasteiger partial charge in [-0.2, -0.15) is 0 Å². The largest absolute Gasteiger partial charge is 0.489 e. The van der Waals surface area contributed by atoms with Gasteiger partial charge < -0.3 is 24.4 Å². The smallest absolute Gasteiger partial charge is 0.217 e. The van der Waals surface area contributed by atoms with Crippen LogP contribution in [0.5, 0.6) is 11.5 Å². The van der Waals surface area contributed by atoms with Gasteiger partial charge in [0.1, 0.15) is 23.7 Å². The summed E-state index contributed by atoms with van der Waals surface area (Å²) in [5, 5.41) is 2.90. The van der Waals surface area contributed by atoms with Crippen LogP contribution in [0.2, 0.25) is 0 Å². The van der Waals surface area contributed by atoms with Gasteiger partial charge in [-0.05, 0) is 48.9 Å². The van der Waals surface area contributed by atoms with Crippen LogP contribution in [0.25, 0.3) is 0 Å². The Labute approximate surface area is 178 Å². The number of ether oxygens (including phenoxy) is 3. The third-order valence-electron chi connectivity index (χ3n) is 5.64. The van der Waals surface area contributed by atoms with Crippen molar-refractivity contribution in [3.63, 3.8) is 0 Å². The zero-order valence-corrected chi connectivity index (χ0v) is 17.7. The van der Waals surface area contributed by atoms with E-state index in [1.165, 1.54) is 12.6 Å². The second-order valence-corrected chi connectivity index (χ2v) is 8.06. The maximum Gasteiger partial charge on any atom is 0.217 e. The molecule has 3 atom stereocenters. The number of nitrogens with zero attached hydrogens (tertiary/aromatic N) is 1. The molecule has 0 saturated carbocycles. The Morgan fingerprint density at radius 3 is 2.33 bits per heavy atom. The molecule has 2 saturated heterocycles. The number of hydrogen-bond donors (Lipinski definition) is 1. The van der Waals surface area contributed by atoms with Crippen LogP contribution in [0.1, 0.15) is 38.3 Å². The summed E-state index contributed by atoms with van der Waals surface area (Å²) in [6, 6.07) is 16.3. The van der Waals surface area contributed by atoms with Gasteiger partial charge in [-0.3, -0.25) is 4.79 Å². The highest BCUT2D eigenvalue weighted by Gasteiger charge is 2.24. The first kappa shape index (κ1) is 20.5. The molecule has 2 aliphatic heterocycles. The molecule has 0 spiro atoms. The van der Waals surface area contributed by atoms with Crippen LogP contribution in [0.4, 0.5) is 5.69 Å². The Balaban J connectivity index is 1.28. The van der Waals surface area contributed by atoms with Gasteiger partial charge in [0.15, 0.2) is 0 Å². The third-order valence-corrected chi connectivity index (χ3v) is 5.64. The summed E-state index contributed by atoms with van der Waals surface area (Å²) < 4.78 is 17.5. The summed E-state index contributed by atoms with van der Waals surface area (Å²) in [6.45, 7) is 6.81. The van der Waals surface area contributed by atoms with Crippen LogP contribution in [0.3, 0.4) is 0 Å². The Morgan fingerprint density at radius 1 is 1.03 bits per heavy atom. The summed E-state index contributed by atoms with van der Waals surface area (Å²) in [7, 11) is 0. The van der Waals surface area contributed by atoms with E-state index < -0.39 is 0 Å². The van der Waals surface area contributed by atoms with Gasteiger partial charge in [-0.1, -0.05) is 12.1 Å². The molecular weight excluding hydrogens is 380 g/mol. The first-order valence-electron chi connectivity index (χ1n) is 10.7. The maximum absolute atomic E-state index is 11.2. The molecule has 0 bridgehead atoms. The number of carbonyl (C=O) groups excluding carboxylic acids is 1. The zero-order valence-electron chi connectivity index (χ0n) is 17.7. The summed E-state index contributed by atoms with van der Waals surface area (Å²) in [4.78, 5) is 13.6. The highest BCUT2D eigenvalue weighted by molar-refractivity contribution is 5.73. The molecule has 2 aromatic rings. The molecule has 0 radical (unpaired) electrons. The molecule has 2 fully saturated rings. The number of nitrogens with one attached hydrogen (secondary N) is 1. The first-order chi connectivity index (χ1) is 14.6. The van der Waals surface area contributed by atoms with E-state index in [4.69, 9.17) is 14.2 Å². The van der Waals surface area contributed by atoms with Crippen LogP contribution in [0.15, 0.2) is 48.5 Å². The van der Waals surface area contributed by atoms with E-state index in [1.54, 1.807) is 0 Å². The van der Waals surface area contributed by atoms with Gasteiger partial charge >= 0.3 is 0 Å². The molecular formula is C24H30N2O4. The summed E-state index contributed by atoms with van der Waals surface area (Å²) >= 11 is 0. The molecule has 2 aromatic carbocycles. The zero-order chi connectivity index (χ0) is 20.9. The molecule has 1 N–H and O–H groups in total.